The van der Waals surface area contributed by atoms with Gasteiger partial charge in [0.1, 0.15) is 0 Å². The molecule has 2 atom stereocenters. The SMILES string of the molecule is CC1C(N(C)N=N)=CCC(C)(C)C1C. The van der Waals surface area contributed by atoms with Gasteiger partial charge in [0.05, 0.1) is 0 Å². The Morgan fingerprint density at radius 3 is 2.57 bits per heavy atom. The summed E-state index contributed by atoms with van der Waals surface area (Å²) in [6.45, 7) is 9.12. The van der Waals surface area contributed by atoms with Gasteiger partial charge in [0.25, 0.3) is 0 Å². The van der Waals surface area contributed by atoms with Gasteiger partial charge in [0.15, 0.2) is 0 Å². The summed E-state index contributed by atoms with van der Waals surface area (Å²) in [5.41, 5.74) is 8.56. The molecule has 0 spiro atoms. The van der Waals surface area contributed by atoms with E-state index in [2.05, 4.69) is 39.0 Å². The molecule has 0 aromatic carbocycles. The first-order valence-corrected chi connectivity index (χ1v) is 5.21. The third-order valence-electron chi connectivity index (χ3n) is 3.81. The highest BCUT2D eigenvalue weighted by Gasteiger charge is 2.35. The molecule has 2 unspecified atom stereocenters. The Kier molecular flexibility index (Phi) is 2.98. The number of hydrogen-bond donors (Lipinski definition) is 1. The Bertz CT molecular complexity index is 255. The van der Waals surface area contributed by atoms with Crippen molar-refractivity contribution in [3.63, 3.8) is 0 Å². The lowest BCUT2D eigenvalue weighted by Gasteiger charge is -2.41. The minimum Gasteiger partial charge on any atom is -0.255 e. The van der Waals surface area contributed by atoms with Crippen LogP contribution in [0.15, 0.2) is 17.0 Å². The molecule has 0 saturated carbocycles. The average molecular weight is 195 g/mol. The van der Waals surface area contributed by atoms with Crippen LogP contribution in [-0.2, 0) is 0 Å². The molecule has 3 heteroatoms. The van der Waals surface area contributed by atoms with E-state index >= 15 is 0 Å². The molecule has 0 bridgehead atoms. The third kappa shape index (κ3) is 1.81. The van der Waals surface area contributed by atoms with Crippen molar-refractivity contribution in [3.8, 4) is 0 Å². The number of rotatable bonds is 2. The van der Waals surface area contributed by atoms with Crippen molar-refractivity contribution in [2.75, 3.05) is 7.05 Å². The smallest absolute Gasteiger partial charge is 0.0373 e. The van der Waals surface area contributed by atoms with Gasteiger partial charge in [-0.3, -0.25) is 5.01 Å². The van der Waals surface area contributed by atoms with E-state index in [1.54, 1.807) is 5.01 Å². The molecule has 14 heavy (non-hydrogen) atoms. The van der Waals surface area contributed by atoms with Gasteiger partial charge >= 0.3 is 0 Å². The molecule has 0 aliphatic heterocycles. The maximum atomic E-state index is 7.01. The van der Waals surface area contributed by atoms with Crippen LogP contribution in [0, 0.1) is 22.8 Å². The van der Waals surface area contributed by atoms with Crippen molar-refractivity contribution < 1.29 is 0 Å². The van der Waals surface area contributed by atoms with Crippen LogP contribution in [-0.4, -0.2) is 12.1 Å². The Hall–Kier alpha value is -0.860. The standard InChI is InChI=1S/C11H21N3/c1-8-9(2)11(3,4)7-6-10(8)14(5)13-12/h6,8-9,12H,7H2,1-5H3. The van der Waals surface area contributed by atoms with Crippen molar-refractivity contribution in [2.45, 2.75) is 34.1 Å². The molecule has 0 radical (unpaired) electrons. The highest BCUT2D eigenvalue weighted by Crippen LogP contribution is 2.43. The molecule has 0 aromatic rings. The summed E-state index contributed by atoms with van der Waals surface area (Å²) in [6, 6.07) is 0. The average Bonchev–Trinajstić information content (AvgIpc) is 2.14. The maximum Gasteiger partial charge on any atom is 0.0373 e. The molecule has 3 nitrogen and oxygen atoms in total. The molecule has 1 aliphatic carbocycles. The second-order valence-corrected chi connectivity index (χ2v) is 5.02. The molecule has 0 saturated heterocycles. The first-order chi connectivity index (χ1) is 6.40. The topological polar surface area (TPSA) is 39.5 Å². The lowest BCUT2D eigenvalue weighted by atomic mass is 9.67. The van der Waals surface area contributed by atoms with Crippen LogP contribution in [0.25, 0.3) is 0 Å². The van der Waals surface area contributed by atoms with Crippen LogP contribution in [0.2, 0.25) is 0 Å². The second-order valence-electron chi connectivity index (χ2n) is 5.02. The van der Waals surface area contributed by atoms with E-state index < -0.39 is 0 Å². The summed E-state index contributed by atoms with van der Waals surface area (Å²) < 4.78 is 0. The number of nitrogens with one attached hydrogen (secondary N) is 1. The van der Waals surface area contributed by atoms with Gasteiger partial charge in [-0.25, -0.2) is 0 Å². The molecule has 0 heterocycles. The second kappa shape index (κ2) is 3.71. The zero-order chi connectivity index (χ0) is 10.9. The molecule has 0 fully saturated rings. The summed E-state index contributed by atoms with van der Waals surface area (Å²) in [4.78, 5) is 0. The number of allylic oxidation sites excluding steroid dienone is 2. The summed E-state index contributed by atoms with van der Waals surface area (Å²) in [5.74, 6) is 1.12. The van der Waals surface area contributed by atoms with E-state index in [-0.39, 0.29) is 0 Å². The fourth-order valence-electron chi connectivity index (χ4n) is 2.16. The Balaban J connectivity index is 2.92. The number of hydrogen-bond acceptors (Lipinski definition) is 2. The zero-order valence-electron chi connectivity index (χ0n) is 9.83. The lowest BCUT2D eigenvalue weighted by molar-refractivity contribution is 0.143. The first-order valence-electron chi connectivity index (χ1n) is 5.21. The third-order valence-corrected chi connectivity index (χ3v) is 3.81. The predicted octanol–water partition coefficient (Wildman–Crippen LogP) is 3.45. The monoisotopic (exact) mass is 195 g/mol. The van der Waals surface area contributed by atoms with Gasteiger partial charge in [-0.2, -0.15) is 5.53 Å². The molecule has 0 aromatic heterocycles. The predicted molar refractivity (Wildman–Crippen MR) is 57.7 cm³/mol. The zero-order valence-corrected chi connectivity index (χ0v) is 9.83. The fourth-order valence-corrected chi connectivity index (χ4v) is 2.16. The van der Waals surface area contributed by atoms with Gasteiger partial charge in [-0.1, -0.05) is 39.0 Å². The molecule has 0 amide bonds. The summed E-state index contributed by atoms with van der Waals surface area (Å²) in [6.07, 6.45) is 3.30. The lowest BCUT2D eigenvalue weighted by Crippen LogP contribution is -2.34. The first kappa shape index (κ1) is 11.2. The Morgan fingerprint density at radius 2 is 2.07 bits per heavy atom. The molecule has 1 aliphatic rings. The normalized spacial score (nSPS) is 30.8. The van der Waals surface area contributed by atoms with Gasteiger partial charge in [0, 0.05) is 18.7 Å². The van der Waals surface area contributed by atoms with Gasteiger partial charge < -0.3 is 0 Å². The van der Waals surface area contributed by atoms with Crippen LogP contribution in [0.1, 0.15) is 34.1 Å². The highest BCUT2D eigenvalue weighted by molar-refractivity contribution is 5.12. The molecular formula is C11H21N3. The quantitative estimate of drug-likeness (QED) is 0.532. The summed E-state index contributed by atoms with van der Waals surface area (Å²) in [5, 5.41) is 5.14. The van der Waals surface area contributed by atoms with Crippen LogP contribution in [0.5, 0.6) is 0 Å². The highest BCUT2D eigenvalue weighted by atomic mass is 15.5. The van der Waals surface area contributed by atoms with Gasteiger partial charge in [0.2, 0.25) is 0 Å². The minimum absolute atomic E-state index is 0.367. The van der Waals surface area contributed by atoms with Crippen LogP contribution in [0.4, 0.5) is 0 Å². The van der Waals surface area contributed by atoms with E-state index in [9.17, 15) is 0 Å². The van der Waals surface area contributed by atoms with Crippen molar-refractivity contribution >= 4 is 0 Å². The van der Waals surface area contributed by atoms with E-state index in [0.29, 0.717) is 17.3 Å². The van der Waals surface area contributed by atoms with Crippen LogP contribution < -0.4 is 0 Å². The van der Waals surface area contributed by atoms with Crippen molar-refractivity contribution in [1.82, 2.24) is 5.01 Å². The molecule has 80 valence electrons. The van der Waals surface area contributed by atoms with Crippen molar-refractivity contribution in [1.29, 1.82) is 5.53 Å². The van der Waals surface area contributed by atoms with E-state index in [1.165, 1.54) is 5.70 Å². The molecular weight excluding hydrogens is 174 g/mol. The largest absolute Gasteiger partial charge is 0.255 e. The Morgan fingerprint density at radius 1 is 1.50 bits per heavy atom. The molecule has 1 N–H and O–H groups in total. The maximum absolute atomic E-state index is 7.01. The van der Waals surface area contributed by atoms with E-state index in [0.717, 1.165) is 6.42 Å². The minimum atomic E-state index is 0.367. The van der Waals surface area contributed by atoms with Gasteiger partial charge in [-0.05, 0) is 17.8 Å². The van der Waals surface area contributed by atoms with Crippen LogP contribution >= 0.6 is 0 Å². The van der Waals surface area contributed by atoms with E-state index in [4.69, 9.17) is 5.53 Å². The summed E-state index contributed by atoms with van der Waals surface area (Å²) in [7, 11) is 1.85. The molecule has 1 rings (SSSR count). The van der Waals surface area contributed by atoms with E-state index in [1.807, 2.05) is 7.05 Å². The van der Waals surface area contributed by atoms with Crippen molar-refractivity contribution in [3.05, 3.63) is 11.8 Å². The van der Waals surface area contributed by atoms with Crippen molar-refractivity contribution in [2.24, 2.45) is 22.5 Å². The van der Waals surface area contributed by atoms with Gasteiger partial charge in [-0.15, -0.1) is 0 Å². The number of nitrogens with zero attached hydrogens (tertiary/aromatic N) is 2. The fraction of sp³-hybridized carbons (Fsp3) is 0.818. The van der Waals surface area contributed by atoms with Crippen LogP contribution in [0.3, 0.4) is 0 Å². The Labute approximate surface area is 86.7 Å². The summed E-state index contributed by atoms with van der Waals surface area (Å²) >= 11 is 0.